The standard InChI is InChI=1S/C23H27N5O4/c1-31-20-9-6-18(14-21(20)32-2)23(30)26-25-22(29)16-27-10-3-11-28(13-12-27)19-7-4-17(15-24)5-8-19/h4-9,14H,3,10-13,16H2,1-2H3,(H,25,29)(H,26,30). The number of nitrogens with zero attached hydrogens (tertiary/aromatic N) is 3. The molecule has 0 radical (unpaired) electrons. The van der Waals surface area contributed by atoms with Gasteiger partial charge in [0.1, 0.15) is 0 Å². The molecule has 2 aromatic carbocycles. The summed E-state index contributed by atoms with van der Waals surface area (Å²) in [5.41, 5.74) is 6.96. The van der Waals surface area contributed by atoms with Crippen molar-refractivity contribution in [2.24, 2.45) is 0 Å². The molecule has 0 aromatic heterocycles. The van der Waals surface area contributed by atoms with Crippen LogP contribution in [-0.4, -0.2) is 63.7 Å². The highest BCUT2D eigenvalue weighted by Gasteiger charge is 2.18. The summed E-state index contributed by atoms with van der Waals surface area (Å²) in [7, 11) is 3.01. The van der Waals surface area contributed by atoms with Crippen molar-refractivity contribution in [1.82, 2.24) is 15.8 Å². The van der Waals surface area contributed by atoms with E-state index in [9.17, 15) is 9.59 Å². The van der Waals surface area contributed by atoms with E-state index in [1.165, 1.54) is 14.2 Å². The Morgan fingerprint density at radius 1 is 0.969 bits per heavy atom. The molecule has 1 fully saturated rings. The smallest absolute Gasteiger partial charge is 0.269 e. The van der Waals surface area contributed by atoms with Gasteiger partial charge in [-0.15, -0.1) is 0 Å². The zero-order valence-corrected chi connectivity index (χ0v) is 18.3. The summed E-state index contributed by atoms with van der Waals surface area (Å²) in [4.78, 5) is 29.0. The SMILES string of the molecule is COc1ccc(C(=O)NNC(=O)CN2CCCN(c3ccc(C#N)cc3)CC2)cc1OC. The molecule has 9 heteroatoms. The third-order valence-corrected chi connectivity index (χ3v) is 5.28. The van der Waals surface area contributed by atoms with E-state index in [1.54, 1.807) is 18.2 Å². The van der Waals surface area contributed by atoms with Gasteiger partial charge in [0, 0.05) is 37.4 Å². The summed E-state index contributed by atoms with van der Waals surface area (Å²) in [6, 6.07) is 14.4. The number of hydrazine groups is 1. The maximum absolute atomic E-state index is 12.3. The molecule has 2 N–H and O–H groups in total. The molecule has 9 nitrogen and oxygen atoms in total. The number of rotatable bonds is 6. The van der Waals surface area contributed by atoms with Crippen molar-refractivity contribution in [1.29, 1.82) is 5.26 Å². The number of benzene rings is 2. The highest BCUT2D eigenvalue weighted by Crippen LogP contribution is 2.27. The van der Waals surface area contributed by atoms with Gasteiger partial charge in [-0.3, -0.25) is 25.3 Å². The Labute approximate surface area is 187 Å². The largest absolute Gasteiger partial charge is 0.493 e. The Morgan fingerprint density at radius 3 is 2.41 bits per heavy atom. The lowest BCUT2D eigenvalue weighted by atomic mass is 10.2. The second-order valence-electron chi connectivity index (χ2n) is 7.35. The van der Waals surface area contributed by atoms with Crippen LogP contribution in [0.5, 0.6) is 11.5 Å². The zero-order chi connectivity index (χ0) is 22.9. The third kappa shape index (κ3) is 5.89. The molecule has 2 aromatic rings. The maximum Gasteiger partial charge on any atom is 0.269 e. The van der Waals surface area contributed by atoms with Gasteiger partial charge in [0.25, 0.3) is 11.8 Å². The van der Waals surface area contributed by atoms with E-state index >= 15 is 0 Å². The van der Waals surface area contributed by atoms with Crippen LogP contribution in [0.1, 0.15) is 22.3 Å². The molecule has 32 heavy (non-hydrogen) atoms. The van der Waals surface area contributed by atoms with Crippen molar-refractivity contribution in [3.8, 4) is 17.6 Å². The average Bonchev–Trinajstić information content (AvgIpc) is 3.07. The number of carbonyl (C=O) groups excluding carboxylic acids is 2. The molecule has 0 unspecified atom stereocenters. The van der Waals surface area contributed by atoms with E-state index < -0.39 is 5.91 Å². The lowest BCUT2D eigenvalue weighted by Gasteiger charge is -2.23. The first kappa shape index (κ1) is 22.9. The number of nitriles is 1. The number of anilines is 1. The summed E-state index contributed by atoms with van der Waals surface area (Å²) in [5, 5.41) is 8.95. The third-order valence-electron chi connectivity index (χ3n) is 5.28. The van der Waals surface area contributed by atoms with Gasteiger partial charge in [-0.1, -0.05) is 0 Å². The Kier molecular flexibility index (Phi) is 7.89. The van der Waals surface area contributed by atoms with Crippen molar-refractivity contribution >= 4 is 17.5 Å². The second-order valence-corrected chi connectivity index (χ2v) is 7.35. The van der Waals surface area contributed by atoms with Gasteiger partial charge >= 0.3 is 0 Å². The predicted molar refractivity (Wildman–Crippen MR) is 120 cm³/mol. The predicted octanol–water partition coefficient (Wildman–Crippen LogP) is 1.55. The average molecular weight is 438 g/mol. The van der Waals surface area contributed by atoms with Gasteiger partial charge in [0.05, 0.1) is 32.4 Å². The first-order valence-corrected chi connectivity index (χ1v) is 10.3. The maximum atomic E-state index is 12.3. The molecule has 168 valence electrons. The molecule has 1 heterocycles. The molecule has 1 saturated heterocycles. The van der Waals surface area contributed by atoms with Gasteiger partial charge < -0.3 is 14.4 Å². The highest BCUT2D eigenvalue weighted by molar-refractivity contribution is 5.96. The van der Waals surface area contributed by atoms with Gasteiger partial charge in [0.2, 0.25) is 0 Å². The second kappa shape index (κ2) is 11.0. The van der Waals surface area contributed by atoms with Gasteiger partial charge in [-0.05, 0) is 48.9 Å². The van der Waals surface area contributed by atoms with Gasteiger partial charge in [-0.25, -0.2) is 0 Å². The van der Waals surface area contributed by atoms with E-state index in [-0.39, 0.29) is 12.5 Å². The number of hydrogen-bond acceptors (Lipinski definition) is 7. The number of ether oxygens (including phenoxy) is 2. The zero-order valence-electron chi connectivity index (χ0n) is 18.3. The molecular weight excluding hydrogens is 410 g/mol. The van der Waals surface area contributed by atoms with Crippen LogP contribution in [0.2, 0.25) is 0 Å². The van der Waals surface area contributed by atoms with E-state index in [4.69, 9.17) is 14.7 Å². The van der Waals surface area contributed by atoms with Crippen LogP contribution in [-0.2, 0) is 4.79 Å². The molecule has 0 bridgehead atoms. The van der Waals surface area contributed by atoms with Gasteiger partial charge in [0.15, 0.2) is 11.5 Å². The van der Waals surface area contributed by atoms with Crippen molar-refractivity contribution in [2.75, 3.05) is 51.8 Å². The number of hydrogen-bond donors (Lipinski definition) is 2. The lowest BCUT2D eigenvalue weighted by Crippen LogP contribution is -2.47. The Hall–Kier alpha value is -3.77. The molecule has 2 amide bonds. The molecule has 0 atom stereocenters. The molecule has 1 aliphatic heterocycles. The van der Waals surface area contributed by atoms with Crippen LogP contribution in [0.3, 0.4) is 0 Å². The van der Waals surface area contributed by atoms with E-state index in [1.807, 2.05) is 24.3 Å². The van der Waals surface area contributed by atoms with E-state index in [0.717, 1.165) is 38.3 Å². The fourth-order valence-electron chi connectivity index (χ4n) is 3.55. The number of nitrogens with one attached hydrogen (secondary N) is 2. The van der Waals surface area contributed by atoms with Crippen molar-refractivity contribution < 1.29 is 19.1 Å². The first-order chi connectivity index (χ1) is 15.5. The van der Waals surface area contributed by atoms with Crippen molar-refractivity contribution in [3.05, 3.63) is 53.6 Å². The molecule has 0 spiro atoms. The Morgan fingerprint density at radius 2 is 1.72 bits per heavy atom. The summed E-state index contributed by atoms with van der Waals surface area (Å²) >= 11 is 0. The highest BCUT2D eigenvalue weighted by atomic mass is 16.5. The normalized spacial score (nSPS) is 14.1. The van der Waals surface area contributed by atoms with Crippen LogP contribution in [0.25, 0.3) is 0 Å². The minimum absolute atomic E-state index is 0.188. The number of amides is 2. The lowest BCUT2D eigenvalue weighted by molar-refractivity contribution is -0.123. The van der Waals surface area contributed by atoms with E-state index in [2.05, 4.69) is 26.7 Å². The van der Waals surface area contributed by atoms with Crippen LogP contribution in [0, 0.1) is 11.3 Å². The van der Waals surface area contributed by atoms with Crippen LogP contribution in [0.4, 0.5) is 5.69 Å². The Balaban J connectivity index is 1.47. The fourth-order valence-corrected chi connectivity index (χ4v) is 3.55. The monoisotopic (exact) mass is 437 g/mol. The van der Waals surface area contributed by atoms with Crippen LogP contribution < -0.4 is 25.2 Å². The molecular formula is C23H27N5O4. The first-order valence-electron chi connectivity index (χ1n) is 10.3. The quantitative estimate of drug-likeness (QED) is 0.661. The Bertz CT molecular complexity index is 987. The minimum atomic E-state index is -0.442. The molecule has 1 aliphatic rings. The van der Waals surface area contributed by atoms with Crippen LogP contribution >= 0.6 is 0 Å². The van der Waals surface area contributed by atoms with Gasteiger partial charge in [-0.2, -0.15) is 5.26 Å². The number of carbonyl (C=O) groups is 2. The summed E-state index contributed by atoms with van der Waals surface area (Å²) < 4.78 is 10.4. The molecule has 3 rings (SSSR count). The summed E-state index contributed by atoms with van der Waals surface area (Å²) in [5.74, 6) is 0.222. The minimum Gasteiger partial charge on any atom is -0.493 e. The molecule has 0 aliphatic carbocycles. The summed E-state index contributed by atoms with van der Waals surface area (Å²) in [6.45, 7) is 3.34. The van der Waals surface area contributed by atoms with Crippen LogP contribution in [0.15, 0.2) is 42.5 Å². The number of methoxy groups -OCH3 is 2. The topological polar surface area (TPSA) is 107 Å². The summed E-state index contributed by atoms with van der Waals surface area (Å²) in [6.07, 6.45) is 0.908. The van der Waals surface area contributed by atoms with E-state index in [0.29, 0.717) is 22.6 Å². The van der Waals surface area contributed by atoms with Crippen molar-refractivity contribution in [3.63, 3.8) is 0 Å². The molecule has 0 saturated carbocycles. The fraction of sp³-hybridized carbons (Fsp3) is 0.348. The van der Waals surface area contributed by atoms with Crippen molar-refractivity contribution in [2.45, 2.75) is 6.42 Å².